The third-order valence-corrected chi connectivity index (χ3v) is 3.56. The molecular formula is C9H19NO5S. The molecule has 7 heteroatoms. The van der Waals surface area contributed by atoms with Crippen molar-refractivity contribution in [3.8, 4) is 0 Å². The van der Waals surface area contributed by atoms with Crippen LogP contribution in [0.1, 0.15) is 20.8 Å². The second kappa shape index (κ2) is 6.82. The van der Waals surface area contributed by atoms with Gasteiger partial charge in [-0.25, -0.2) is 13.1 Å². The quantitative estimate of drug-likeness (QED) is 0.637. The van der Waals surface area contributed by atoms with Gasteiger partial charge in [0.05, 0.1) is 12.4 Å². The van der Waals surface area contributed by atoms with E-state index in [2.05, 4.69) is 4.72 Å². The number of nitrogens with one attached hydrogen (secondary N) is 1. The smallest absolute Gasteiger partial charge is 0.321 e. The van der Waals surface area contributed by atoms with Crippen LogP contribution in [0, 0.1) is 5.92 Å². The summed E-state index contributed by atoms with van der Waals surface area (Å²) in [5.74, 6) is -1.50. The number of rotatable bonds is 8. The molecule has 0 fully saturated rings. The summed E-state index contributed by atoms with van der Waals surface area (Å²) in [4.78, 5) is 10.5. The van der Waals surface area contributed by atoms with E-state index < -0.39 is 22.0 Å². The molecule has 0 aromatic carbocycles. The lowest BCUT2D eigenvalue weighted by Gasteiger charge is -2.14. The van der Waals surface area contributed by atoms with Crippen molar-refractivity contribution in [2.24, 2.45) is 5.92 Å². The molecule has 0 saturated heterocycles. The highest BCUT2D eigenvalue weighted by molar-refractivity contribution is 7.89. The molecule has 0 bridgehead atoms. The van der Waals surface area contributed by atoms with Gasteiger partial charge in [-0.15, -0.1) is 0 Å². The molecule has 0 aromatic heterocycles. The molecule has 16 heavy (non-hydrogen) atoms. The van der Waals surface area contributed by atoms with Crippen molar-refractivity contribution in [1.29, 1.82) is 0 Å². The predicted octanol–water partition coefficient (Wildman–Crippen LogP) is 0.0515. The number of sulfonamides is 1. The van der Waals surface area contributed by atoms with Crippen molar-refractivity contribution in [3.05, 3.63) is 0 Å². The molecular weight excluding hydrogens is 234 g/mol. The van der Waals surface area contributed by atoms with Crippen LogP contribution in [0.3, 0.4) is 0 Å². The first kappa shape index (κ1) is 15.3. The van der Waals surface area contributed by atoms with Crippen LogP contribution in [-0.4, -0.2) is 44.5 Å². The van der Waals surface area contributed by atoms with E-state index in [0.29, 0.717) is 13.2 Å². The van der Waals surface area contributed by atoms with Gasteiger partial charge in [0, 0.05) is 6.61 Å². The lowest BCUT2D eigenvalue weighted by Crippen LogP contribution is -2.41. The molecule has 96 valence electrons. The fourth-order valence-electron chi connectivity index (χ4n) is 1.11. The number of carboxylic acid groups (broad SMARTS) is 1. The van der Waals surface area contributed by atoms with Crippen molar-refractivity contribution in [2.75, 3.05) is 19.0 Å². The van der Waals surface area contributed by atoms with Crippen LogP contribution in [0.4, 0.5) is 0 Å². The Hall–Kier alpha value is -0.660. The number of aliphatic carboxylic acids is 1. The first-order valence-electron chi connectivity index (χ1n) is 5.09. The number of carboxylic acids is 1. The molecule has 1 unspecified atom stereocenters. The fraction of sp³-hybridized carbons (Fsp3) is 0.889. The second-order valence-corrected chi connectivity index (χ2v) is 5.52. The lowest BCUT2D eigenvalue weighted by atomic mass is 10.2. The van der Waals surface area contributed by atoms with Gasteiger partial charge in [-0.1, -0.05) is 6.92 Å². The minimum absolute atomic E-state index is 0.134. The summed E-state index contributed by atoms with van der Waals surface area (Å²) in [6.07, 6.45) is 0. The highest BCUT2D eigenvalue weighted by Gasteiger charge is 2.21. The molecule has 2 N–H and O–H groups in total. The van der Waals surface area contributed by atoms with Crippen molar-refractivity contribution in [3.63, 3.8) is 0 Å². The van der Waals surface area contributed by atoms with E-state index in [4.69, 9.17) is 9.84 Å². The summed E-state index contributed by atoms with van der Waals surface area (Å²) in [5, 5.41) is 8.57. The Kier molecular flexibility index (Phi) is 6.54. The minimum atomic E-state index is -3.57. The molecule has 0 heterocycles. The van der Waals surface area contributed by atoms with Crippen LogP contribution in [0.15, 0.2) is 0 Å². The third kappa shape index (κ3) is 6.76. The zero-order valence-corrected chi connectivity index (χ0v) is 10.6. The van der Waals surface area contributed by atoms with Gasteiger partial charge in [-0.2, -0.15) is 0 Å². The summed E-state index contributed by atoms with van der Waals surface area (Å²) in [6, 6.07) is -1.11. The zero-order valence-electron chi connectivity index (χ0n) is 9.76. The van der Waals surface area contributed by atoms with E-state index in [9.17, 15) is 13.2 Å². The molecule has 0 amide bonds. The number of carbonyl (C=O) groups is 1. The average Bonchev–Trinajstić information content (AvgIpc) is 2.12. The normalized spacial score (nSPS) is 15.7. The average molecular weight is 253 g/mol. The van der Waals surface area contributed by atoms with Crippen LogP contribution in [0.2, 0.25) is 0 Å². The van der Waals surface area contributed by atoms with E-state index in [1.807, 2.05) is 6.92 Å². The van der Waals surface area contributed by atoms with Crippen molar-refractivity contribution >= 4 is 16.0 Å². The van der Waals surface area contributed by atoms with Crippen LogP contribution in [0.5, 0.6) is 0 Å². The molecule has 0 aliphatic rings. The molecule has 0 radical (unpaired) electrons. The Morgan fingerprint density at radius 2 is 2.00 bits per heavy atom. The molecule has 0 aliphatic heterocycles. The van der Waals surface area contributed by atoms with E-state index in [0.717, 1.165) is 0 Å². The molecule has 2 atom stereocenters. The summed E-state index contributed by atoms with van der Waals surface area (Å²) in [5.41, 5.74) is 0. The van der Waals surface area contributed by atoms with Gasteiger partial charge in [0.25, 0.3) is 0 Å². The molecule has 0 aliphatic carbocycles. The molecule has 6 nitrogen and oxygen atoms in total. The highest BCUT2D eigenvalue weighted by atomic mass is 32.2. The Labute approximate surface area is 96.0 Å². The topological polar surface area (TPSA) is 92.7 Å². The van der Waals surface area contributed by atoms with Crippen molar-refractivity contribution in [1.82, 2.24) is 4.72 Å². The number of ether oxygens (including phenoxy) is 1. The molecule has 0 aromatic rings. The number of hydrogen-bond donors (Lipinski definition) is 2. The Morgan fingerprint density at radius 3 is 2.44 bits per heavy atom. The van der Waals surface area contributed by atoms with Gasteiger partial charge < -0.3 is 9.84 Å². The zero-order chi connectivity index (χ0) is 12.8. The van der Waals surface area contributed by atoms with E-state index >= 15 is 0 Å². The van der Waals surface area contributed by atoms with Crippen LogP contribution < -0.4 is 4.72 Å². The summed E-state index contributed by atoms with van der Waals surface area (Å²) in [7, 11) is -3.57. The maximum atomic E-state index is 11.5. The van der Waals surface area contributed by atoms with Crippen molar-refractivity contribution in [2.45, 2.75) is 26.8 Å². The van der Waals surface area contributed by atoms with Crippen molar-refractivity contribution < 1.29 is 23.1 Å². The van der Waals surface area contributed by atoms with Gasteiger partial charge in [0.15, 0.2) is 0 Å². The molecule has 0 spiro atoms. The maximum Gasteiger partial charge on any atom is 0.321 e. The van der Waals surface area contributed by atoms with Gasteiger partial charge in [0.1, 0.15) is 6.04 Å². The first-order valence-corrected chi connectivity index (χ1v) is 6.74. The van der Waals surface area contributed by atoms with E-state index in [-0.39, 0.29) is 11.7 Å². The predicted molar refractivity (Wildman–Crippen MR) is 59.7 cm³/mol. The van der Waals surface area contributed by atoms with E-state index in [1.54, 1.807) is 6.92 Å². The van der Waals surface area contributed by atoms with Crippen LogP contribution in [-0.2, 0) is 19.6 Å². The Balaban J connectivity index is 4.19. The first-order chi connectivity index (χ1) is 7.28. The maximum absolute atomic E-state index is 11.5. The van der Waals surface area contributed by atoms with Gasteiger partial charge >= 0.3 is 5.97 Å². The Bertz CT molecular complexity index is 314. The monoisotopic (exact) mass is 253 g/mol. The molecule has 0 rings (SSSR count). The highest BCUT2D eigenvalue weighted by Crippen LogP contribution is 2.01. The van der Waals surface area contributed by atoms with Crippen LogP contribution >= 0.6 is 0 Å². The van der Waals surface area contributed by atoms with Gasteiger partial charge in [-0.05, 0) is 19.8 Å². The van der Waals surface area contributed by atoms with Gasteiger partial charge in [0.2, 0.25) is 10.0 Å². The lowest BCUT2D eigenvalue weighted by molar-refractivity contribution is -0.138. The van der Waals surface area contributed by atoms with Crippen LogP contribution in [0.25, 0.3) is 0 Å². The second-order valence-electron chi connectivity index (χ2n) is 3.72. The largest absolute Gasteiger partial charge is 0.480 e. The summed E-state index contributed by atoms with van der Waals surface area (Å²) in [6.45, 7) is 5.72. The SMILES string of the molecule is CCOCC(C)CS(=O)(=O)N[C@@H](C)C(=O)O. The Morgan fingerprint density at radius 1 is 1.44 bits per heavy atom. The molecule has 0 saturated carbocycles. The minimum Gasteiger partial charge on any atom is -0.480 e. The third-order valence-electron chi connectivity index (χ3n) is 1.84. The fourth-order valence-corrected chi connectivity index (χ4v) is 2.69. The standard InChI is InChI=1S/C9H19NO5S/c1-4-15-5-7(2)6-16(13,14)10-8(3)9(11)12/h7-8,10H,4-6H2,1-3H3,(H,11,12)/t7?,8-/m0/s1. The summed E-state index contributed by atoms with van der Waals surface area (Å²) >= 11 is 0. The number of hydrogen-bond acceptors (Lipinski definition) is 4. The summed E-state index contributed by atoms with van der Waals surface area (Å²) < 4.78 is 30.1. The van der Waals surface area contributed by atoms with Gasteiger partial charge in [-0.3, -0.25) is 4.79 Å². The van der Waals surface area contributed by atoms with E-state index in [1.165, 1.54) is 6.92 Å².